The first-order chi connectivity index (χ1) is 8.65. The Bertz CT molecular complexity index is 379. The van der Waals surface area contributed by atoms with E-state index in [1.54, 1.807) is 10.9 Å². The van der Waals surface area contributed by atoms with Crippen LogP contribution in [0.4, 0.5) is 5.82 Å². The first-order valence-electron chi connectivity index (χ1n) is 6.52. The Morgan fingerprint density at radius 2 is 1.89 bits per heavy atom. The number of hydrogen-bond donors (Lipinski definition) is 0. The lowest BCUT2D eigenvalue weighted by atomic mass is 10.1. The second kappa shape index (κ2) is 8.24. The molecule has 1 aromatic heterocycles. The third kappa shape index (κ3) is 5.16. The van der Waals surface area contributed by atoms with E-state index in [1.807, 2.05) is 0 Å². The van der Waals surface area contributed by atoms with Gasteiger partial charge in [0.1, 0.15) is 4.47 Å². The van der Waals surface area contributed by atoms with Crippen molar-refractivity contribution in [1.82, 2.24) is 9.78 Å². The lowest BCUT2D eigenvalue weighted by molar-refractivity contribution is -0.390. The molecule has 0 unspecified atom stereocenters. The van der Waals surface area contributed by atoms with Crippen LogP contribution in [0, 0.1) is 10.1 Å². The Morgan fingerprint density at radius 1 is 1.28 bits per heavy atom. The number of aryl methyl sites for hydroxylation is 1. The van der Waals surface area contributed by atoms with Gasteiger partial charge in [0.2, 0.25) is 0 Å². The molecule has 0 atom stereocenters. The van der Waals surface area contributed by atoms with Crippen LogP contribution in [0.25, 0.3) is 0 Å². The van der Waals surface area contributed by atoms with Crippen LogP contribution in [0.1, 0.15) is 51.9 Å². The zero-order valence-electron chi connectivity index (χ0n) is 10.8. The molecule has 0 fully saturated rings. The summed E-state index contributed by atoms with van der Waals surface area (Å²) in [5.74, 6) is -0.0991. The van der Waals surface area contributed by atoms with E-state index in [1.165, 1.54) is 32.1 Å². The summed E-state index contributed by atoms with van der Waals surface area (Å²) < 4.78 is 2.10. The van der Waals surface area contributed by atoms with Gasteiger partial charge in [-0.1, -0.05) is 45.4 Å². The van der Waals surface area contributed by atoms with Gasteiger partial charge >= 0.3 is 5.82 Å². The molecule has 6 heteroatoms. The highest BCUT2D eigenvalue weighted by Crippen LogP contribution is 2.22. The molecular weight excluding hydrogens is 298 g/mol. The van der Waals surface area contributed by atoms with E-state index in [-0.39, 0.29) is 5.82 Å². The van der Waals surface area contributed by atoms with Gasteiger partial charge in [-0.2, -0.15) is 4.68 Å². The Kier molecular flexibility index (Phi) is 6.93. The van der Waals surface area contributed by atoms with Crippen molar-refractivity contribution < 1.29 is 4.92 Å². The molecule has 0 amide bonds. The standard InChI is InChI=1S/C12H20BrN3O2/c1-2-3-4-5-6-7-8-9-15-10-11(13)12(14-15)16(17)18/h10H,2-9H2,1H3. The number of rotatable bonds is 9. The van der Waals surface area contributed by atoms with Crippen LogP contribution in [0.5, 0.6) is 0 Å². The maximum Gasteiger partial charge on any atom is 0.404 e. The molecule has 0 aliphatic carbocycles. The minimum absolute atomic E-state index is 0.0991. The largest absolute Gasteiger partial charge is 0.404 e. The zero-order chi connectivity index (χ0) is 13.4. The van der Waals surface area contributed by atoms with Crippen molar-refractivity contribution in [2.75, 3.05) is 0 Å². The Morgan fingerprint density at radius 3 is 2.44 bits per heavy atom. The number of halogens is 1. The molecule has 0 aliphatic heterocycles. The normalized spacial score (nSPS) is 10.8. The molecule has 0 saturated heterocycles. The van der Waals surface area contributed by atoms with Gasteiger partial charge in [0.25, 0.3) is 0 Å². The van der Waals surface area contributed by atoms with E-state index >= 15 is 0 Å². The lowest BCUT2D eigenvalue weighted by Gasteiger charge is -1.99. The molecule has 1 rings (SSSR count). The molecule has 0 saturated carbocycles. The second-order valence-electron chi connectivity index (χ2n) is 4.44. The van der Waals surface area contributed by atoms with E-state index in [2.05, 4.69) is 28.0 Å². The van der Waals surface area contributed by atoms with Crippen LogP contribution in [0.3, 0.4) is 0 Å². The van der Waals surface area contributed by atoms with Gasteiger partial charge in [0.15, 0.2) is 0 Å². The quantitative estimate of drug-likeness (QED) is 0.387. The molecule has 5 nitrogen and oxygen atoms in total. The van der Waals surface area contributed by atoms with Crippen LogP contribution in [-0.4, -0.2) is 14.7 Å². The summed E-state index contributed by atoms with van der Waals surface area (Å²) in [5.41, 5.74) is 0. The summed E-state index contributed by atoms with van der Waals surface area (Å²) in [5, 5.41) is 14.5. The van der Waals surface area contributed by atoms with Gasteiger partial charge in [0.05, 0.1) is 17.8 Å². The summed E-state index contributed by atoms with van der Waals surface area (Å²) in [4.78, 5) is 10.1. The fourth-order valence-corrected chi connectivity index (χ4v) is 2.32. The SMILES string of the molecule is CCCCCCCCCn1cc(Br)c([N+](=O)[O-])n1. The second-order valence-corrected chi connectivity index (χ2v) is 5.30. The summed E-state index contributed by atoms with van der Waals surface area (Å²) in [6.45, 7) is 2.96. The van der Waals surface area contributed by atoms with Gasteiger partial charge in [-0.3, -0.25) is 0 Å². The topological polar surface area (TPSA) is 61.0 Å². The number of nitrogens with zero attached hydrogens (tertiary/aromatic N) is 3. The zero-order valence-corrected chi connectivity index (χ0v) is 12.4. The molecule has 0 radical (unpaired) electrons. The average Bonchev–Trinajstić information content (AvgIpc) is 2.69. The number of hydrogen-bond acceptors (Lipinski definition) is 3. The third-order valence-electron chi connectivity index (χ3n) is 2.86. The molecule has 0 aromatic carbocycles. The summed E-state index contributed by atoms with van der Waals surface area (Å²) in [6.07, 6.45) is 10.3. The van der Waals surface area contributed by atoms with E-state index in [4.69, 9.17) is 0 Å². The van der Waals surface area contributed by atoms with Gasteiger partial charge in [-0.25, -0.2) is 0 Å². The smallest absolute Gasteiger partial charge is 0.358 e. The van der Waals surface area contributed by atoms with Crippen LogP contribution in [0.15, 0.2) is 10.7 Å². The van der Waals surface area contributed by atoms with Crippen molar-refractivity contribution in [1.29, 1.82) is 0 Å². The van der Waals surface area contributed by atoms with Gasteiger partial charge in [0, 0.05) is 0 Å². The average molecular weight is 318 g/mol. The van der Waals surface area contributed by atoms with E-state index in [0.717, 1.165) is 19.4 Å². The Labute approximate surface area is 116 Å². The molecule has 0 N–H and O–H groups in total. The molecule has 102 valence electrons. The van der Waals surface area contributed by atoms with Crippen molar-refractivity contribution in [2.24, 2.45) is 0 Å². The maximum atomic E-state index is 10.6. The molecule has 1 aromatic rings. The molecule has 1 heterocycles. The summed E-state index contributed by atoms with van der Waals surface area (Å²) in [6, 6.07) is 0. The van der Waals surface area contributed by atoms with Gasteiger partial charge in [-0.05, 0) is 27.3 Å². The van der Waals surface area contributed by atoms with Crippen LogP contribution >= 0.6 is 15.9 Å². The number of nitro groups is 1. The van der Waals surface area contributed by atoms with Crippen molar-refractivity contribution in [3.05, 3.63) is 20.8 Å². The van der Waals surface area contributed by atoms with Crippen LogP contribution in [-0.2, 0) is 6.54 Å². The fraction of sp³-hybridized carbons (Fsp3) is 0.750. The first kappa shape index (κ1) is 15.1. The van der Waals surface area contributed by atoms with Crippen molar-refractivity contribution in [3.63, 3.8) is 0 Å². The van der Waals surface area contributed by atoms with Gasteiger partial charge < -0.3 is 10.1 Å². The van der Waals surface area contributed by atoms with Crippen LogP contribution < -0.4 is 0 Å². The summed E-state index contributed by atoms with van der Waals surface area (Å²) >= 11 is 3.14. The maximum absolute atomic E-state index is 10.6. The van der Waals surface area contributed by atoms with Crippen molar-refractivity contribution in [2.45, 2.75) is 58.4 Å². The molecular formula is C12H20BrN3O2. The molecule has 0 bridgehead atoms. The Balaban J connectivity index is 2.19. The highest BCUT2D eigenvalue weighted by Gasteiger charge is 2.17. The van der Waals surface area contributed by atoms with Crippen molar-refractivity contribution >= 4 is 21.7 Å². The fourth-order valence-electron chi connectivity index (χ4n) is 1.86. The highest BCUT2D eigenvalue weighted by molar-refractivity contribution is 9.10. The summed E-state index contributed by atoms with van der Waals surface area (Å²) in [7, 11) is 0. The Hall–Kier alpha value is -0.910. The number of aromatic nitrogens is 2. The number of unbranched alkanes of at least 4 members (excludes halogenated alkanes) is 6. The third-order valence-corrected chi connectivity index (χ3v) is 3.42. The first-order valence-corrected chi connectivity index (χ1v) is 7.31. The predicted molar refractivity (Wildman–Crippen MR) is 74.6 cm³/mol. The van der Waals surface area contributed by atoms with E-state index in [0.29, 0.717) is 4.47 Å². The molecule has 0 spiro atoms. The molecule has 18 heavy (non-hydrogen) atoms. The van der Waals surface area contributed by atoms with E-state index < -0.39 is 4.92 Å². The minimum Gasteiger partial charge on any atom is -0.358 e. The van der Waals surface area contributed by atoms with Crippen LogP contribution in [0.2, 0.25) is 0 Å². The minimum atomic E-state index is -0.467. The monoisotopic (exact) mass is 317 g/mol. The highest BCUT2D eigenvalue weighted by atomic mass is 79.9. The molecule has 0 aliphatic rings. The lowest BCUT2D eigenvalue weighted by Crippen LogP contribution is -1.99. The van der Waals surface area contributed by atoms with Crippen molar-refractivity contribution in [3.8, 4) is 0 Å². The van der Waals surface area contributed by atoms with E-state index in [9.17, 15) is 10.1 Å². The van der Waals surface area contributed by atoms with Gasteiger partial charge in [-0.15, -0.1) is 0 Å². The predicted octanol–water partition coefficient (Wildman–Crippen LogP) is 4.30.